The van der Waals surface area contributed by atoms with Crippen LogP contribution in [-0.2, 0) is 17.8 Å². The monoisotopic (exact) mass is 371 g/mol. The number of benzene rings is 2. The normalized spacial score (nSPS) is 10.7. The predicted octanol–water partition coefficient (Wildman–Crippen LogP) is 3.81. The largest absolute Gasteiger partial charge is 0.545 e. The molecule has 0 radical (unpaired) electrons. The van der Waals surface area contributed by atoms with E-state index in [1.807, 2.05) is 37.3 Å². The maximum atomic E-state index is 10.7. The van der Waals surface area contributed by atoms with Crippen LogP contribution < -0.4 is 14.6 Å². The summed E-state index contributed by atoms with van der Waals surface area (Å²) in [5.41, 5.74) is 2.52. The average molecular weight is 372 g/mol. The van der Waals surface area contributed by atoms with Crippen molar-refractivity contribution in [1.29, 1.82) is 0 Å². The Balaban J connectivity index is 2.35. The Bertz CT molecular complexity index is 794. The van der Waals surface area contributed by atoms with E-state index in [2.05, 4.69) is 6.58 Å². The Kier molecular flexibility index (Phi) is 7.30. The molecule has 26 heavy (non-hydrogen) atoms. The number of rotatable bonds is 9. The molecule has 0 aliphatic carbocycles. The number of allylic oxidation sites excluding steroid dienone is 1. The molecule has 0 aromatic heterocycles. The number of halogens is 1. The summed E-state index contributed by atoms with van der Waals surface area (Å²) in [7, 11) is 0. The van der Waals surface area contributed by atoms with E-state index in [1.165, 1.54) is 6.08 Å². The smallest absolute Gasteiger partial charge is 0.165 e. The third-order valence-electron chi connectivity index (χ3n) is 3.53. The van der Waals surface area contributed by atoms with Gasteiger partial charge in [-0.1, -0.05) is 35.9 Å². The van der Waals surface area contributed by atoms with Crippen LogP contribution in [0.5, 0.6) is 11.5 Å². The Morgan fingerprint density at radius 3 is 2.58 bits per heavy atom. The first kappa shape index (κ1) is 19.6. The van der Waals surface area contributed by atoms with Crippen molar-refractivity contribution in [2.45, 2.75) is 20.0 Å². The standard InChI is InChI=1S/C21H21ClO4/c1-3-5-17-12-16(8-11-20(23)24)13-19(25-4-2)21(17)26-14-15-6-9-18(22)10-7-15/h3,6-13H,1,4-5,14H2,2H3,(H,23,24)/p-1. The zero-order chi connectivity index (χ0) is 18.9. The number of hydrogen-bond acceptors (Lipinski definition) is 4. The van der Waals surface area contributed by atoms with Gasteiger partial charge in [0.05, 0.1) is 12.6 Å². The van der Waals surface area contributed by atoms with E-state index < -0.39 is 5.97 Å². The van der Waals surface area contributed by atoms with Crippen LogP contribution >= 0.6 is 11.6 Å². The molecule has 0 fully saturated rings. The minimum Gasteiger partial charge on any atom is -0.545 e. The van der Waals surface area contributed by atoms with Gasteiger partial charge in [-0.15, -0.1) is 6.58 Å². The molecule has 2 aromatic rings. The van der Waals surface area contributed by atoms with Crippen LogP contribution in [0.25, 0.3) is 6.08 Å². The maximum Gasteiger partial charge on any atom is 0.165 e. The molecule has 2 rings (SSSR count). The quantitative estimate of drug-likeness (QED) is 0.497. The fourth-order valence-corrected chi connectivity index (χ4v) is 2.54. The number of carboxylic acid groups (broad SMARTS) is 1. The number of hydrogen-bond donors (Lipinski definition) is 0. The van der Waals surface area contributed by atoms with Gasteiger partial charge in [-0.25, -0.2) is 0 Å². The van der Waals surface area contributed by atoms with Crippen molar-refractivity contribution >= 4 is 23.6 Å². The third kappa shape index (κ3) is 5.67. The zero-order valence-corrected chi connectivity index (χ0v) is 15.3. The lowest BCUT2D eigenvalue weighted by Gasteiger charge is -2.17. The van der Waals surface area contributed by atoms with Crippen LogP contribution in [0.4, 0.5) is 0 Å². The van der Waals surface area contributed by atoms with Gasteiger partial charge in [0, 0.05) is 10.6 Å². The third-order valence-corrected chi connectivity index (χ3v) is 3.78. The lowest BCUT2D eigenvalue weighted by Crippen LogP contribution is -2.18. The number of carboxylic acids is 1. The molecule has 0 unspecified atom stereocenters. The Labute approximate surface area is 158 Å². The summed E-state index contributed by atoms with van der Waals surface area (Å²) < 4.78 is 11.7. The molecule has 0 saturated heterocycles. The van der Waals surface area contributed by atoms with Crippen molar-refractivity contribution in [3.05, 3.63) is 76.8 Å². The molecule has 0 aliphatic heterocycles. The molecule has 0 amide bonds. The fourth-order valence-electron chi connectivity index (χ4n) is 2.41. The highest BCUT2D eigenvalue weighted by atomic mass is 35.5. The molecule has 136 valence electrons. The molecular weight excluding hydrogens is 352 g/mol. The average Bonchev–Trinajstić information content (AvgIpc) is 2.61. The van der Waals surface area contributed by atoms with E-state index in [0.717, 1.165) is 17.2 Å². The predicted molar refractivity (Wildman–Crippen MR) is 101 cm³/mol. The van der Waals surface area contributed by atoms with Gasteiger partial charge in [0.1, 0.15) is 6.61 Å². The van der Waals surface area contributed by atoms with Gasteiger partial charge in [-0.2, -0.15) is 0 Å². The van der Waals surface area contributed by atoms with Gasteiger partial charge >= 0.3 is 0 Å². The van der Waals surface area contributed by atoms with Crippen molar-refractivity contribution in [2.75, 3.05) is 6.61 Å². The van der Waals surface area contributed by atoms with E-state index >= 15 is 0 Å². The summed E-state index contributed by atoms with van der Waals surface area (Å²) in [6.07, 6.45) is 4.76. The molecule has 0 heterocycles. The lowest BCUT2D eigenvalue weighted by atomic mass is 10.0. The van der Waals surface area contributed by atoms with Gasteiger partial charge in [-0.3, -0.25) is 0 Å². The number of ether oxygens (including phenoxy) is 2. The van der Waals surface area contributed by atoms with Gasteiger partial charge in [0.25, 0.3) is 0 Å². The number of carbonyl (C=O) groups excluding carboxylic acids is 1. The molecule has 5 heteroatoms. The van der Waals surface area contributed by atoms with Crippen LogP contribution in [0.3, 0.4) is 0 Å². The highest BCUT2D eigenvalue weighted by molar-refractivity contribution is 6.30. The van der Waals surface area contributed by atoms with Gasteiger partial charge in [0.15, 0.2) is 11.5 Å². The van der Waals surface area contributed by atoms with Crippen molar-refractivity contribution in [2.24, 2.45) is 0 Å². The van der Waals surface area contributed by atoms with Crippen LogP contribution in [0.2, 0.25) is 5.02 Å². The number of carbonyl (C=O) groups is 1. The molecule has 0 bridgehead atoms. The van der Waals surface area contributed by atoms with Crippen molar-refractivity contribution in [3.63, 3.8) is 0 Å². The van der Waals surface area contributed by atoms with Crippen molar-refractivity contribution in [3.8, 4) is 11.5 Å². The van der Waals surface area contributed by atoms with E-state index in [9.17, 15) is 9.90 Å². The van der Waals surface area contributed by atoms with E-state index in [0.29, 0.717) is 41.7 Å². The van der Waals surface area contributed by atoms with Crippen molar-refractivity contribution in [1.82, 2.24) is 0 Å². The first-order valence-electron chi connectivity index (χ1n) is 8.20. The number of aliphatic carboxylic acids is 1. The topological polar surface area (TPSA) is 58.6 Å². The SMILES string of the molecule is C=CCc1cc(C=CC(=O)[O-])cc(OCC)c1OCc1ccc(Cl)cc1. The zero-order valence-electron chi connectivity index (χ0n) is 14.5. The van der Waals surface area contributed by atoms with Gasteiger partial charge < -0.3 is 19.4 Å². The molecule has 0 saturated carbocycles. The Morgan fingerprint density at radius 2 is 1.96 bits per heavy atom. The molecule has 4 nitrogen and oxygen atoms in total. The minimum absolute atomic E-state index is 0.357. The van der Waals surface area contributed by atoms with Crippen LogP contribution in [-0.4, -0.2) is 12.6 Å². The molecule has 0 aliphatic rings. The summed E-state index contributed by atoms with van der Waals surface area (Å²) in [5.74, 6) is -0.0811. The maximum absolute atomic E-state index is 10.7. The first-order chi connectivity index (χ1) is 12.5. The Morgan fingerprint density at radius 1 is 1.23 bits per heavy atom. The molecule has 0 spiro atoms. The summed E-state index contributed by atoms with van der Waals surface area (Å²) in [6, 6.07) is 11.0. The summed E-state index contributed by atoms with van der Waals surface area (Å²) in [4.78, 5) is 10.7. The van der Waals surface area contributed by atoms with E-state index in [1.54, 1.807) is 12.1 Å². The van der Waals surface area contributed by atoms with Gasteiger partial charge in [-0.05, 0) is 54.8 Å². The van der Waals surface area contributed by atoms with E-state index in [4.69, 9.17) is 21.1 Å². The molecule has 0 atom stereocenters. The Hall–Kier alpha value is -2.72. The van der Waals surface area contributed by atoms with Gasteiger partial charge in [0.2, 0.25) is 0 Å². The first-order valence-corrected chi connectivity index (χ1v) is 8.58. The molecular formula is C21H20ClO4-. The fraction of sp³-hybridized carbons (Fsp3) is 0.190. The summed E-state index contributed by atoms with van der Waals surface area (Å²) in [6.45, 7) is 6.46. The lowest BCUT2D eigenvalue weighted by molar-refractivity contribution is -0.297. The second-order valence-corrected chi connectivity index (χ2v) is 5.94. The van der Waals surface area contributed by atoms with Crippen LogP contribution in [0.1, 0.15) is 23.6 Å². The minimum atomic E-state index is -1.25. The highest BCUT2D eigenvalue weighted by Gasteiger charge is 2.13. The van der Waals surface area contributed by atoms with Crippen LogP contribution in [0.15, 0.2) is 55.1 Å². The molecule has 0 N–H and O–H groups in total. The summed E-state index contributed by atoms with van der Waals surface area (Å²) in [5, 5.41) is 11.3. The summed E-state index contributed by atoms with van der Waals surface area (Å²) >= 11 is 5.91. The second-order valence-electron chi connectivity index (χ2n) is 5.50. The van der Waals surface area contributed by atoms with E-state index in [-0.39, 0.29) is 0 Å². The molecule has 2 aromatic carbocycles. The van der Waals surface area contributed by atoms with Crippen LogP contribution in [0, 0.1) is 0 Å². The second kappa shape index (κ2) is 9.68. The highest BCUT2D eigenvalue weighted by Crippen LogP contribution is 2.35. The van der Waals surface area contributed by atoms with Crippen molar-refractivity contribution < 1.29 is 19.4 Å².